The number of benzene rings is 1. The molecule has 182 valence electrons. The molecular formula is C25H37N3O5. The molecule has 1 atom stereocenters. The summed E-state index contributed by atoms with van der Waals surface area (Å²) in [5.74, 6) is 0.431. The average Bonchev–Trinajstić information content (AvgIpc) is 3.10. The monoisotopic (exact) mass is 459 g/mol. The Morgan fingerprint density at radius 1 is 1.18 bits per heavy atom. The van der Waals surface area contributed by atoms with E-state index >= 15 is 0 Å². The van der Waals surface area contributed by atoms with Gasteiger partial charge in [0.1, 0.15) is 11.8 Å². The Morgan fingerprint density at radius 2 is 1.91 bits per heavy atom. The second kappa shape index (κ2) is 12.0. The molecule has 0 aromatic heterocycles. The van der Waals surface area contributed by atoms with Gasteiger partial charge in [-0.3, -0.25) is 14.5 Å². The van der Waals surface area contributed by atoms with Crippen LogP contribution in [0.5, 0.6) is 5.75 Å². The molecule has 2 fully saturated rings. The zero-order valence-electron chi connectivity index (χ0n) is 19.9. The van der Waals surface area contributed by atoms with Crippen LogP contribution >= 0.6 is 0 Å². The van der Waals surface area contributed by atoms with Gasteiger partial charge in [-0.15, -0.1) is 0 Å². The van der Waals surface area contributed by atoms with Gasteiger partial charge in [0.2, 0.25) is 5.91 Å². The summed E-state index contributed by atoms with van der Waals surface area (Å²) >= 11 is 0. The molecule has 0 bridgehead atoms. The minimum absolute atomic E-state index is 0.0777. The Balaban J connectivity index is 1.58. The van der Waals surface area contributed by atoms with Crippen molar-refractivity contribution in [2.75, 3.05) is 33.4 Å². The van der Waals surface area contributed by atoms with Gasteiger partial charge in [0, 0.05) is 38.1 Å². The summed E-state index contributed by atoms with van der Waals surface area (Å²) in [5, 5.41) is 5.68. The van der Waals surface area contributed by atoms with Gasteiger partial charge < -0.3 is 20.1 Å². The zero-order valence-corrected chi connectivity index (χ0v) is 19.9. The van der Waals surface area contributed by atoms with E-state index in [9.17, 15) is 14.4 Å². The highest BCUT2D eigenvalue weighted by atomic mass is 16.5. The van der Waals surface area contributed by atoms with Crippen molar-refractivity contribution in [1.82, 2.24) is 15.5 Å². The summed E-state index contributed by atoms with van der Waals surface area (Å²) in [4.78, 5) is 39.2. The van der Waals surface area contributed by atoms with E-state index in [1.165, 1.54) is 11.3 Å². The largest absolute Gasteiger partial charge is 0.497 e. The lowest BCUT2D eigenvalue weighted by Crippen LogP contribution is -2.47. The average molecular weight is 460 g/mol. The maximum Gasteiger partial charge on any atom is 0.324 e. The number of hydrogen-bond acceptors (Lipinski definition) is 5. The van der Waals surface area contributed by atoms with Crippen molar-refractivity contribution >= 4 is 17.8 Å². The lowest BCUT2D eigenvalue weighted by atomic mass is 9.73. The van der Waals surface area contributed by atoms with Crippen molar-refractivity contribution in [1.29, 1.82) is 0 Å². The molecule has 2 heterocycles. The van der Waals surface area contributed by atoms with Crippen LogP contribution in [0.2, 0.25) is 0 Å². The minimum atomic E-state index is -0.656. The number of nitrogens with one attached hydrogen (secondary N) is 2. The molecule has 2 saturated heterocycles. The predicted molar refractivity (Wildman–Crippen MR) is 125 cm³/mol. The minimum Gasteiger partial charge on any atom is -0.497 e. The number of hydrogen-bond donors (Lipinski definition) is 2. The third-order valence-electron chi connectivity index (χ3n) is 6.73. The lowest BCUT2D eigenvalue weighted by Gasteiger charge is -2.39. The lowest BCUT2D eigenvalue weighted by molar-refractivity contribution is -0.129. The van der Waals surface area contributed by atoms with Gasteiger partial charge in [-0.05, 0) is 43.4 Å². The SMILES string of the molecule is CCCCCCNC(=O)CC[C@@H]1NC(=O)N(CC2(c3ccc(OC)cc3)CCOCC2)C1=O. The summed E-state index contributed by atoms with van der Waals surface area (Å²) in [6, 6.07) is 6.78. The third kappa shape index (κ3) is 6.47. The number of nitrogens with zero attached hydrogens (tertiary/aromatic N) is 1. The van der Waals surface area contributed by atoms with Gasteiger partial charge in [0.25, 0.3) is 5.91 Å². The van der Waals surface area contributed by atoms with Crippen molar-refractivity contribution in [3.63, 3.8) is 0 Å². The van der Waals surface area contributed by atoms with E-state index in [-0.39, 0.29) is 29.7 Å². The molecule has 8 heteroatoms. The number of amides is 4. The van der Waals surface area contributed by atoms with Crippen LogP contribution in [-0.4, -0.2) is 62.2 Å². The van der Waals surface area contributed by atoms with E-state index in [1.54, 1.807) is 7.11 Å². The Kier molecular flexibility index (Phi) is 9.11. The number of ether oxygens (including phenoxy) is 2. The van der Waals surface area contributed by atoms with Crippen LogP contribution in [0, 0.1) is 0 Å². The molecule has 8 nitrogen and oxygen atoms in total. The van der Waals surface area contributed by atoms with E-state index in [0.29, 0.717) is 32.7 Å². The number of unbranched alkanes of at least 4 members (excludes halogenated alkanes) is 3. The fraction of sp³-hybridized carbons (Fsp3) is 0.640. The summed E-state index contributed by atoms with van der Waals surface area (Å²) in [7, 11) is 1.62. The summed E-state index contributed by atoms with van der Waals surface area (Å²) < 4.78 is 10.8. The van der Waals surface area contributed by atoms with Gasteiger partial charge in [0.05, 0.1) is 7.11 Å². The van der Waals surface area contributed by atoms with Crippen molar-refractivity contribution in [3.8, 4) is 5.75 Å². The predicted octanol–water partition coefficient (Wildman–Crippen LogP) is 3.14. The van der Waals surface area contributed by atoms with E-state index < -0.39 is 6.04 Å². The topological polar surface area (TPSA) is 97.0 Å². The smallest absolute Gasteiger partial charge is 0.324 e. The van der Waals surface area contributed by atoms with Gasteiger partial charge in [-0.2, -0.15) is 0 Å². The van der Waals surface area contributed by atoms with Gasteiger partial charge in [-0.25, -0.2) is 4.79 Å². The molecule has 0 aliphatic carbocycles. The van der Waals surface area contributed by atoms with E-state index in [2.05, 4.69) is 17.6 Å². The maximum absolute atomic E-state index is 13.1. The molecule has 0 radical (unpaired) electrons. The van der Waals surface area contributed by atoms with Crippen LogP contribution < -0.4 is 15.4 Å². The van der Waals surface area contributed by atoms with Crippen molar-refractivity contribution < 1.29 is 23.9 Å². The Bertz CT molecular complexity index is 805. The van der Waals surface area contributed by atoms with Crippen molar-refractivity contribution in [2.24, 2.45) is 0 Å². The Labute approximate surface area is 196 Å². The fourth-order valence-electron chi connectivity index (χ4n) is 4.61. The first kappa shape index (κ1) is 25.0. The second-order valence-electron chi connectivity index (χ2n) is 9.00. The molecule has 1 aromatic carbocycles. The standard InChI is InChI=1S/C25H37N3O5/c1-3-4-5-6-15-26-22(29)12-11-21-23(30)28(24(31)27-21)18-25(13-16-33-17-14-25)19-7-9-20(32-2)10-8-19/h7-10,21H,3-6,11-18H2,1-2H3,(H,26,29)(H,27,31)/t21-/m0/s1. The molecule has 0 unspecified atom stereocenters. The van der Waals surface area contributed by atoms with Gasteiger partial charge in [-0.1, -0.05) is 38.3 Å². The van der Waals surface area contributed by atoms with Gasteiger partial charge >= 0.3 is 6.03 Å². The molecule has 0 saturated carbocycles. The highest BCUT2D eigenvalue weighted by Crippen LogP contribution is 2.37. The van der Waals surface area contributed by atoms with Gasteiger partial charge in [0.15, 0.2) is 0 Å². The normalized spacial score (nSPS) is 19.9. The second-order valence-corrected chi connectivity index (χ2v) is 9.00. The van der Waals surface area contributed by atoms with Crippen LogP contribution in [0.25, 0.3) is 0 Å². The first-order valence-corrected chi connectivity index (χ1v) is 12.1. The molecule has 33 heavy (non-hydrogen) atoms. The number of urea groups is 1. The van der Waals surface area contributed by atoms with E-state index in [0.717, 1.165) is 43.4 Å². The third-order valence-corrected chi connectivity index (χ3v) is 6.73. The molecule has 0 spiro atoms. The zero-order chi connectivity index (χ0) is 23.7. The first-order chi connectivity index (χ1) is 16.0. The van der Waals surface area contributed by atoms with Crippen molar-refractivity contribution in [2.45, 2.75) is 69.7 Å². The molecule has 2 aliphatic heterocycles. The number of imide groups is 1. The quantitative estimate of drug-likeness (QED) is 0.370. The number of carbonyl (C=O) groups is 3. The molecular weight excluding hydrogens is 422 g/mol. The Morgan fingerprint density at radius 3 is 2.58 bits per heavy atom. The van der Waals surface area contributed by atoms with Crippen LogP contribution in [0.15, 0.2) is 24.3 Å². The number of carbonyl (C=O) groups excluding carboxylic acids is 3. The molecule has 3 rings (SSSR count). The Hall–Kier alpha value is -2.61. The summed E-state index contributed by atoms with van der Waals surface area (Å²) in [6.45, 7) is 4.26. The van der Waals surface area contributed by atoms with Crippen LogP contribution in [-0.2, 0) is 19.7 Å². The first-order valence-electron chi connectivity index (χ1n) is 12.1. The summed E-state index contributed by atoms with van der Waals surface area (Å²) in [6.07, 6.45) is 6.35. The van der Waals surface area contributed by atoms with Crippen LogP contribution in [0.4, 0.5) is 4.79 Å². The molecule has 2 aliphatic rings. The van der Waals surface area contributed by atoms with Crippen LogP contribution in [0.1, 0.15) is 63.9 Å². The molecule has 2 N–H and O–H groups in total. The van der Waals surface area contributed by atoms with Crippen LogP contribution in [0.3, 0.4) is 0 Å². The van der Waals surface area contributed by atoms with E-state index in [1.807, 2.05) is 24.3 Å². The van der Waals surface area contributed by atoms with E-state index in [4.69, 9.17) is 9.47 Å². The molecule has 4 amide bonds. The maximum atomic E-state index is 13.1. The fourth-order valence-corrected chi connectivity index (χ4v) is 4.61. The highest BCUT2D eigenvalue weighted by molar-refractivity contribution is 6.04. The summed E-state index contributed by atoms with van der Waals surface area (Å²) in [5.41, 5.74) is 0.709. The number of rotatable bonds is 12. The number of methoxy groups -OCH3 is 1. The van der Waals surface area contributed by atoms with Crippen molar-refractivity contribution in [3.05, 3.63) is 29.8 Å². The highest BCUT2D eigenvalue weighted by Gasteiger charge is 2.44. The molecule has 1 aromatic rings.